The van der Waals surface area contributed by atoms with Crippen LogP contribution in [0.3, 0.4) is 0 Å². The largest absolute Gasteiger partial charge is 0.478 e. The normalized spacial score (nSPS) is 17.2. The summed E-state index contributed by atoms with van der Waals surface area (Å²) in [5.74, 6) is -0.865. The van der Waals surface area contributed by atoms with Crippen molar-refractivity contribution in [3.63, 3.8) is 0 Å². The molecule has 16 heavy (non-hydrogen) atoms. The molecule has 2 rings (SSSR count). The quantitative estimate of drug-likeness (QED) is 0.760. The molecule has 1 aliphatic heterocycles. The maximum absolute atomic E-state index is 10.8. The van der Waals surface area contributed by atoms with Crippen LogP contribution in [0, 0.1) is 0 Å². The second-order valence-corrected chi connectivity index (χ2v) is 3.55. The van der Waals surface area contributed by atoms with Gasteiger partial charge in [-0.1, -0.05) is 18.2 Å². The van der Waals surface area contributed by atoms with Crippen molar-refractivity contribution in [1.29, 1.82) is 0 Å². The molecule has 0 radical (unpaired) electrons. The molecule has 0 amide bonds. The zero-order valence-corrected chi connectivity index (χ0v) is 8.71. The zero-order valence-electron chi connectivity index (χ0n) is 8.71. The third-order valence-electron chi connectivity index (χ3n) is 2.32. The molecule has 0 atom stereocenters. The highest BCUT2D eigenvalue weighted by atomic mass is 16.4. The lowest BCUT2D eigenvalue weighted by Gasteiger charge is -2.03. The van der Waals surface area contributed by atoms with Gasteiger partial charge in [-0.05, 0) is 18.2 Å². The molecule has 0 aliphatic carbocycles. The topological polar surface area (TPSA) is 40.3 Å². The first kappa shape index (κ1) is 10.4. The molecule has 0 unspecified atom stereocenters. The van der Waals surface area contributed by atoms with Gasteiger partial charge in [-0.2, -0.15) is 4.58 Å². The first-order chi connectivity index (χ1) is 7.75. The third-order valence-corrected chi connectivity index (χ3v) is 2.32. The van der Waals surface area contributed by atoms with Gasteiger partial charge in [0.15, 0.2) is 19.0 Å². The summed E-state index contributed by atoms with van der Waals surface area (Å²) >= 11 is 0. The van der Waals surface area contributed by atoms with Gasteiger partial charge in [0.05, 0.1) is 0 Å². The molecule has 1 aromatic rings. The van der Waals surface area contributed by atoms with Gasteiger partial charge in [0.25, 0.3) is 0 Å². The first-order valence-corrected chi connectivity index (χ1v) is 5.02. The molecular formula is C13H12NO2+. The minimum atomic E-state index is -0.865. The van der Waals surface area contributed by atoms with E-state index in [4.69, 9.17) is 5.11 Å². The van der Waals surface area contributed by atoms with E-state index >= 15 is 0 Å². The van der Waals surface area contributed by atoms with Gasteiger partial charge in [0, 0.05) is 11.6 Å². The van der Waals surface area contributed by atoms with Crippen molar-refractivity contribution >= 4 is 12.2 Å². The highest BCUT2D eigenvalue weighted by Gasteiger charge is 2.15. The monoisotopic (exact) mass is 214 g/mol. The Kier molecular flexibility index (Phi) is 2.96. The Balaban J connectivity index is 2.20. The van der Waals surface area contributed by atoms with Crippen LogP contribution >= 0.6 is 0 Å². The van der Waals surface area contributed by atoms with Crippen molar-refractivity contribution in [1.82, 2.24) is 0 Å². The summed E-state index contributed by atoms with van der Waals surface area (Å²) in [6, 6.07) is 9.81. The lowest BCUT2D eigenvalue weighted by atomic mass is 10.2. The van der Waals surface area contributed by atoms with Crippen LogP contribution in [0.1, 0.15) is 5.56 Å². The highest BCUT2D eigenvalue weighted by molar-refractivity contribution is 5.87. The van der Waals surface area contributed by atoms with Crippen LogP contribution in [0.15, 0.2) is 54.3 Å². The van der Waals surface area contributed by atoms with E-state index in [2.05, 4.69) is 0 Å². The fourth-order valence-corrected chi connectivity index (χ4v) is 1.53. The van der Waals surface area contributed by atoms with Crippen LogP contribution in [-0.2, 0) is 4.79 Å². The van der Waals surface area contributed by atoms with Crippen molar-refractivity contribution in [3.05, 3.63) is 59.8 Å². The first-order valence-electron chi connectivity index (χ1n) is 5.02. The number of hydrogen-bond donors (Lipinski definition) is 1. The number of rotatable bonds is 2. The molecule has 3 nitrogen and oxygen atoms in total. The van der Waals surface area contributed by atoms with Crippen LogP contribution in [0.5, 0.6) is 0 Å². The fraction of sp³-hybridized carbons (Fsp3) is 0.0769. The third kappa shape index (κ3) is 2.45. The van der Waals surface area contributed by atoms with Crippen molar-refractivity contribution in [2.75, 3.05) is 6.54 Å². The summed E-state index contributed by atoms with van der Waals surface area (Å²) in [5.41, 5.74) is 1.45. The van der Waals surface area contributed by atoms with Crippen molar-refractivity contribution in [2.45, 2.75) is 0 Å². The van der Waals surface area contributed by atoms with Gasteiger partial charge < -0.3 is 5.11 Å². The van der Waals surface area contributed by atoms with Gasteiger partial charge in [-0.15, -0.1) is 0 Å². The van der Waals surface area contributed by atoms with Gasteiger partial charge >= 0.3 is 5.97 Å². The van der Waals surface area contributed by atoms with Gasteiger partial charge in [0.2, 0.25) is 0 Å². The number of carboxylic acids is 1. The molecule has 0 bridgehead atoms. The second kappa shape index (κ2) is 4.57. The van der Waals surface area contributed by atoms with E-state index in [0.717, 1.165) is 5.56 Å². The number of carboxylic acid groups (broad SMARTS) is 1. The Morgan fingerprint density at radius 3 is 2.75 bits per heavy atom. The second-order valence-electron chi connectivity index (χ2n) is 3.55. The van der Waals surface area contributed by atoms with Crippen molar-refractivity contribution < 1.29 is 14.5 Å². The maximum Gasteiger partial charge on any atom is 0.338 e. The Bertz CT molecular complexity index is 484. The van der Waals surface area contributed by atoms with Crippen LogP contribution in [0.2, 0.25) is 0 Å². The van der Waals surface area contributed by atoms with Gasteiger partial charge in [0.1, 0.15) is 5.57 Å². The van der Waals surface area contributed by atoms with Crippen LogP contribution < -0.4 is 0 Å². The average Bonchev–Trinajstić information content (AvgIpc) is 2.30. The van der Waals surface area contributed by atoms with Crippen LogP contribution in [0.4, 0.5) is 0 Å². The molecule has 0 fully saturated rings. The number of benzene rings is 1. The number of nitrogens with zero attached hydrogens (tertiary/aromatic N) is 1. The van der Waals surface area contributed by atoms with E-state index < -0.39 is 5.97 Å². The van der Waals surface area contributed by atoms with Gasteiger partial charge in [-0.25, -0.2) is 4.79 Å². The lowest BCUT2D eigenvalue weighted by Crippen LogP contribution is -2.18. The molecule has 3 heteroatoms. The predicted molar refractivity (Wildman–Crippen MR) is 61.6 cm³/mol. The minimum absolute atomic E-state index is 0.398. The van der Waals surface area contributed by atoms with Crippen molar-refractivity contribution in [2.24, 2.45) is 0 Å². The number of carbonyl (C=O) groups is 1. The zero-order chi connectivity index (χ0) is 11.4. The molecule has 0 spiro atoms. The summed E-state index contributed by atoms with van der Waals surface area (Å²) in [7, 11) is 0. The van der Waals surface area contributed by atoms with E-state index in [1.165, 1.54) is 0 Å². The predicted octanol–water partition coefficient (Wildman–Crippen LogP) is 1.66. The Morgan fingerprint density at radius 2 is 2.06 bits per heavy atom. The molecule has 1 N–H and O–H groups in total. The molecule has 0 saturated heterocycles. The number of hydrogen-bond acceptors (Lipinski definition) is 1. The lowest BCUT2D eigenvalue weighted by molar-refractivity contribution is -0.443. The van der Waals surface area contributed by atoms with E-state index in [-0.39, 0.29) is 0 Å². The highest BCUT2D eigenvalue weighted by Crippen LogP contribution is 2.04. The maximum atomic E-state index is 10.8. The molecule has 1 aliphatic rings. The van der Waals surface area contributed by atoms with E-state index in [1.54, 1.807) is 12.2 Å². The van der Waals surface area contributed by atoms with E-state index in [1.807, 2.05) is 47.3 Å². The molecule has 1 aromatic carbocycles. The Labute approximate surface area is 93.7 Å². The molecular weight excluding hydrogens is 202 g/mol. The summed E-state index contributed by atoms with van der Waals surface area (Å²) in [4.78, 5) is 10.8. The standard InChI is InChI=1S/C13H11NO2/c15-13(16)12-7-4-8-14(10-12)9-11-5-2-1-3-6-11/h1-9H,10H2/p+1. The SMILES string of the molecule is O=C(O)C1=CC=C[N+](=Cc2ccccc2)C1. The molecule has 0 saturated carbocycles. The Morgan fingerprint density at radius 1 is 1.31 bits per heavy atom. The molecule has 0 aromatic heterocycles. The smallest absolute Gasteiger partial charge is 0.338 e. The summed E-state index contributed by atoms with van der Waals surface area (Å²) in [5, 5.41) is 8.88. The summed E-state index contributed by atoms with van der Waals surface area (Å²) in [6.07, 6.45) is 7.15. The number of allylic oxidation sites excluding steroid dienone is 2. The molecule has 1 heterocycles. The summed E-state index contributed by atoms with van der Waals surface area (Å²) in [6.45, 7) is 0.403. The summed E-state index contributed by atoms with van der Waals surface area (Å²) < 4.78 is 1.86. The van der Waals surface area contributed by atoms with Crippen LogP contribution in [-0.4, -0.2) is 28.4 Å². The van der Waals surface area contributed by atoms with E-state index in [9.17, 15) is 4.79 Å². The van der Waals surface area contributed by atoms with Gasteiger partial charge in [-0.3, -0.25) is 0 Å². The minimum Gasteiger partial charge on any atom is -0.478 e. The Hall–Kier alpha value is -2.16. The average molecular weight is 214 g/mol. The molecule has 80 valence electrons. The van der Waals surface area contributed by atoms with E-state index in [0.29, 0.717) is 12.1 Å². The number of aliphatic carboxylic acids is 1. The van der Waals surface area contributed by atoms with Crippen molar-refractivity contribution in [3.8, 4) is 0 Å². The fourth-order valence-electron chi connectivity index (χ4n) is 1.53. The van der Waals surface area contributed by atoms with Crippen LogP contribution in [0.25, 0.3) is 0 Å².